The molecule has 0 radical (unpaired) electrons. The first kappa shape index (κ1) is 17.1. The topological polar surface area (TPSA) is 156 Å². The predicted molar refractivity (Wildman–Crippen MR) is 49.2 cm³/mol. The van der Waals surface area contributed by atoms with Crippen LogP contribution in [0.25, 0.3) is 0 Å². The summed E-state index contributed by atoms with van der Waals surface area (Å²) in [7, 11) is -3.13. The van der Waals surface area contributed by atoms with Crippen LogP contribution in [0.5, 0.6) is 0 Å². The standard InChI is InChI=1S/C6H12O5.H3O3P/c1-3(8)5(10)6(11)4(9)2-7;1-4(2)3/h2-6,8-11H,1H3;4H,(H2,1,2,3). The van der Waals surface area contributed by atoms with E-state index in [1.165, 1.54) is 6.92 Å². The molecule has 0 aromatic carbocycles. The van der Waals surface area contributed by atoms with E-state index >= 15 is 0 Å². The lowest BCUT2D eigenvalue weighted by atomic mass is 10.1. The Labute approximate surface area is 86.4 Å². The maximum atomic E-state index is 9.87. The molecule has 4 unspecified atom stereocenters. The Kier molecular flexibility index (Phi) is 10.2. The summed E-state index contributed by atoms with van der Waals surface area (Å²) in [5.74, 6) is 0. The van der Waals surface area contributed by atoms with Gasteiger partial charge in [0, 0.05) is 0 Å². The number of aliphatic hydroxyl groups is 4. The van der Waals surface area contributed by atoms with Crippen LogP contribution in [0.1, 0.15) is 6.92 Å². The molecule has 92 valence electrons. The fraction of sp³-hybridized carbons (Fsp3) is 0.833. The van der Waals surface area contributed by atoms with E-state index in [9.17, 15) is 4.79 Å². The summed E-state index contributed by atoms with van der Waals surface area (Å²) in [6, 6.07) is 0. The van der Waals surface area contributed by atoms with Crippen LogP contribution in [0.3, 0.4) is 0 Å². The lowest BCUT2D eigenvalue weighted by molar-refractivity contribution is -0.132. The molecular formula is C6H15O8P. The molecule has 0 amide bonds. The minimum Gasteiger partial charge on any atom is -0.391 e. The van der Waals surface area contributed by atoms with Crippen molar-refractivity contribution in [1.82, 2.24) is 0 Å². The highest BCUT2D eigenvalue weighted by atomic mass is 31.1. The van der Waals surface area contributed by atoms with E-state index in [0.29, 0.717) is 0 Å². The van der Waals surface area contributed by atoms with Gasteiger partial charge in [-0.05, 0) is 6.92 Å². The Morgan fingerprint density at radius 1 is 1.07 bits per heavy atom. The molecule has 0 aromatic rings. The Morgan fingerprint density at radius 3 is 1.60 bits per heavy atom. The Hall–Kier alpha value is -0.340. The zero-order valence-corrected chi connectivity index (χ0v) is 8.89. The van der Waals surface area contributed by atoms with Gasteiger partial charge in [-0.3, -0.25) is 4.57 Å². The van der Waals surface area contributed by atoms with Crippen LogP contribution in [0.15, 0.2) is 0 Å². The molecule has 0 aliphatic carbocycles. The third-order valence-corrected chi connectivity index (χ3v) is 1.33. The number of carbonyl (C=O) groups excluding carboxylic acids is 1. The summed E-state index contributed by atoms with van der Waals surface area (Å²) in [5, 5.41) is 35.1. The third-order valence-electron chi connectivity index (χ3n) is 1.33. The minimum atomic E-state index is -3.13. The summed E-state index contributed by atoms with van der Waals surface area (Å²) in [4.78, 5) is 24.2. The summed E-state index contributed by atoms with van der Waals surface area (Å²) in [5.41, 5.74) is 0. The Morgan fingerprint density at radius 2 is 1.40 bits per heavy atom. The molecule has 0 saturated carbocycles. The lowest BCUT2D eigenvalue weighted by Crippen LogP contribution is -2.43. The van der Waals surface area contributed by atoms with Gasteiger partial charge >= 0.3 is 8.25 Å². The van der Waals surface area contributed by atoms with Crippen molar-refractivity contribution in [2.45, 2.75) is 31.3 Å². The highest BCUT2D eigenvalue weighted by Crippen LogP contribution is 2.02. The largest absolute Gasteiger partial charge is 0.391 e. The second-order valence-corrected chi connectivity index (χ2v) is 3.20. The Bertz CT molecular complexity index is 192. The van der Waals surface area contributed by atoms with Crippen LogP contribution >= 0.6 is 8.25 Å². The van der Waals surface area contributed by atoms with Crippen molar-refractivity contribution in [2.75, 3.05) is 0 Å². The van der Waals surface area contributed by atoms with Crippen LogP contribution in [0.2, 0.25) is 0 Å². The molecule has 4 atom stereocenters. The quantitative estimate of drug-likeness (QED) is 0.226. The van der Waals surface area contributed by atoms with Gasteiger partial charge < -0.3 is 35.0 Å². The van der Waals surface area contributed by atoms with Gasteiger partial charge in [-0.25, -0.2) is 0 Å². The molecule has 0 fully saturated rings. The maximum Gasteiger partial charge on any atom is 0.314 e. The predicted octanol–water partition coefficient (Wildman–Crippen LogP) is -2.99. The SMILES string of the molecule is CC(O)C(O)C(O)C(O)C=O.O=[PH](O)O. The number of carbonyl (C=O) groups is 1. The van der Waals surface area contributed by atoms with Crippen molar-refractivity contribution in [3.05, 3.63) is 0 Å². The minimum absolute atomic E-state index is 0.0935. The zero-order chi connectivity index (χ0) is 12.6. The first-order valence-electron chi connectivity index (χ1n) is 3.83. The lowest BCUT2D eigenvalue weighted by Gasteiger charge is -2.21. The highest BCUT2D eigenvalue weighted by molar-refractivity contribution is 7.30. The maximum absolute atomic E-state index is 9.87. The molecule has 9 heteroatoms. The molecule has 0 saturated heterocycles. The Balaban J connectivity index is 0. The molecule has 6 N–H and O–H groups in total. The fourth-order valence-corrected chi connectivity index (χ4v) is 0.568. The first-order chi connectivity index (χ1) is 6.73. The van der Waals surface area contributed by atoms with E-state index in [2.05, 4.69) is 0 Å². The average Bonchev–Trinajstić information content (AvgIpc) is 2.13. The molecule has 0 heterocycles. The molecule has 8 nitrogen and oxygen atoms in total. The summed E-state index contributed by atoms with van der Waals surface area (Å²) >= 11 is 0. The van der Waals surface area contributed by atoms with Crippen LogP contribution < -0.4 is 0 Å². The van der Waals surface area contributed by atoms with Crippen LogP contribution in [-0.2, 0) is 9.36 Å². The van der Waals surface area contributed by atoms with E-state index in [1.807, 2.05) is 0 Å². The average molecular weight is 246 g/mol. The molecule has 0 spiro atoms. The zero-order valence-electron chi connectivity index (χ0n) is 7.89. The van der Waals surface area contributed by atoms with Gasteiger partial charge in [0.2, 0.25) is 0 Å². The van der Waals surface area contributed by atoms with Crippen LogP contribution in [0, 0.1) is 0 Å². The first-order valence-corrected chi connectivity index (χ1v) is 5.13. The van der Waals surface area contributed by atoms with Crippen molar-refractivity contribution in [1.29, 1.82) is 0 Å². The summed E-state index contributed by atoms with van der Waals surface area (Å²) < 4.78 is 8.74. The van der Waals surface area contributed by atoms with Gasteiger partial charge in [-0.2, -0.15) is 0 Å². The van der Waals surface area contributed by atoms with Gasteiger partial charge in [-0.15, -0.1) is 0 Å². The van der Waals surface area contributed by atoms with Gasteiger partial charge in [-0.1, -0.05) is 0 Å². The molecular weight excluding hydrogens is 231 g/mol. The van der Waals surface area contributed by atoms with Gasteiger partial charge in [0.05, 0.1) is 6.10 Å². The second kappa shape index (κ2) is 8.93. The third kappa shape index (κ3) is 9.95. The number of aldehydes is 1. The van der Waals surface area contributed by atoms with E-state index < -0.39 is 32.7 Å². The molecule has 15 heavy (non-hydrogen) atoms. The smallest absolute Gasteiger partial charge is 0.314 e. The van der Waals surface area contributed by atoms with E-state index in [0.717, 1.165) is 0 Å². The van der Waals surface area contributed by atoms with E-state index in [4.69, 9.17) is 34.8 Å². The van der Waals surface area contributed by atoms with Gasteiger partial charge in [0.15, 0.2) is 6.29 Å². The summed E-state index contributed by atoms with van der Waals surface area (Å²) in [6.07, 6.45) is -5.88. The van der Waals surface area contributed by atoms with E-state index in [1.54, 1.807) is 0 Å². The van der Waals surface area contributed by atoms with Crippen LogP contribution in [-0.4, -0.2) is 60.9 Å². The van der Waals surface area contributed by atoms with Crippen molar-refractivity contribution in [3.63, 3.8) is 0 Å². The van der Waals surface area contributed by atoms with E-state index in [-0.39, 0.29) is 6.29 Å². The monoisotopic (exact) mass is 246 g/mol. The van der Waals surface area contributed by atoms with Crippen molar-refractivity contribution in [3.8, 4) is 0 Å². The molecule has 0 rings (SSSR count). The molecule has 0 aliphatic rings. The van der Waals surface area contributed by atoms with Gasteiger partial charge in [0.25, 0.3) is 0 Å². The normalized spacial score (nSPS) is 18.4. The number of aliphatic hydroxyl groups excluding tert-OH is 4. The second-order valence-electron chi connectivity index (χ2n) is 2.63. The van der Waals surface area contributed by atoms with Crippen LogP contribution in [0.4, 0.5) is 0 Å². The van der Waals surface area contributed by atoms with Gasteiger partial charge in [0.1, 0.15) is 18.3 Å². The molecule has 0 aliphatic heterocycles. The number of hydrogen-bond acceptors (Lipinski definition) is 6. The number of rotatable bonds is 4. The van der Waals surface area contributed by atoms with Crippen molar-refractivity contribution >= 4 is 14.5 Å². The molecule has 0 bridgehead atoms. The summed E-state index contributed by atoms with van der Waals surface area (Å²) in [6.45, 7) is 1.24. The van der Waals surface area contributed by atoms with Crippen molar-refractivity contribution in [2.24, 2.45) is 0 Å². The highest BCUT2D eigenvalue weighted by Gasteiger charge is 2.27. The van der Waals surface area contributed by atoms with Crippen molar-refractivity contribution < 1.29 is 39.6 Å². The fourth-order valence-electron chi connectivity index (χ4n) is 0.568. The number of hydrogen-bond donors (Lipinski definition) is 6. The molecule has 0 aromatic heterocycles.